The van der Waals surface area contributed by atoms with Gasteiger partial charge in [-0.25, -0.2) is 4.98 Å². The summed E-state index contributed by atoms with van der Waals surface area (Å²) >= 11 is 0. The Morgan fingerprint density at radius 2 is 2.04 bits per heavy atom. The maximum Gasteiger partial charge on any atom is 0.254 e. The molecule has 0 N–H and O–H groups in total. The summed E-state index contributed by atoms with van der Waals surface area (Å²) in [5.41, 5.74) is 1.81. The topological polar surface area (TPSA) is 59.5 Å². The van der Waals surface area contributed by atoms with Crippen LogP contribution in [0.15, 0.2) is 47.1 Å². The minimum Gasteiger partial charge on any atom is -0.459 e. The van der Waals surface area contributed by atoms with Crippen molar-refractivity contribution in [2.75, 3.05) is 11.9 Å². The summed E-state index contributed by atoms with van der Waals surface area (Å²) in [6.07, 6.45) is 1.52. The minimum atomic E-state index is 0.0524. The second-order valence-corrected chi connectivity index (χ2v) is 5.70. The summed E-state index contributed by atoms with van der Waals surface area (Å²) in [6, 6.07) is 12.2. The number of hydrogen-bond acceptors (Lipinski definition) is 5. The van der Waals surface area contributed by atoms with Crippen LogP contribution in [0.2, 0.25) is 0 Å². The molecule has 4 aromatic rings. The van der Waals surface area contributed by atoms with Gasteiger partial charge in [0, 0.05) is 24.2 Å². The average molecular weight is 307 g/mol. The number of hydrogen-bond donors (Lipinski definition) is 0. The molecule has 0 bridgehead atoms. The lowest BCUT2D eigenvalue weighted by atomic mass is 10.2. The fourth-order valence-electron chi connectivity index (χ4n) is 2.76. The number of fused-ring (bicyclic) bond motifs is 2. The van der Waals surface area contributed by atoms with Gasteiger partial charge in [-0.1, -0.05) is 18.2 Å². The Labute approximate surface area is 133 Å². The lowest BCUT2D eigenvalue weighted by Crippen LogP contribution is -2.24. The van der Waals surface area contributed by atoms with E-state index >= 15 is 0 Å². The second-order valence-electron chi connectivity index (χ2n) is 5.70. The molecule has 6 nitrogen and oxygen atoms in total. The molecule has 116 valence electrons. The average Bonchev–Trinajstić information content (AvgIpc) is 3.18. The molecule has 0 fully saturated rings. The van der Waals surface area contributed by atoms with Gasteiger partial charge < -0.3 is 9.32 Å². The van der Waals surface area contributed by atoms with Crippen LogP contribution in [0, 0.1) is 6.92 Å². The third kappa shape index (κ3) is 2.23. The highest BCUT2D eigenvalue weighted by Crippen LogP contribution is 2.29. The van der Waals surface area contributed by atoms with Crippen molar-refractivity contribution in [3.8, 4) is 0 Å². The van der Waals surface area contributed by atoms with Gasteiger partial charge in [0.05, 0.1) is 6.04 Å². The standard InChI is InChI=1S/C17H17N5O/c1-11-8-16(22-17(20-11)18-10-19-22)21(3)12(2)15-9-13-6-4-5-7-14(13)23-15/h4-10,12H,1-3H3/t12-/m1/s1. The molecule has 0 unspecified atom stereocenters. The molecular formula is C17H17N5O. The molecule has 0 aliphatic carbocycles. The van der Waals surface area contributed by atoms with Crippen LogP contribution in [-0.4, -0.2) is 26.6 Å². The second kappa shape index (κ2) is 5.08. The molecule has 3 aromatic heterocycles. The zero-order valence-electron chi connectivity index (χ0n) is 13.3. The first-order valence-corrected chi connectivity index (χ1v) is 7.52. The van der Waals surface area contributed by atoms with Gasteiger partial charge in [0.1, 0.15) is 23.5 Å². The van der Waals surface area contributed by atoms with Gasteiger partial charge in [-0.2, -0.15) is 14.6 Å². The number of benzene rings is 1. The fraction of sp³-hybridized carbons (Fsp3) is 0.235. The molecule has 0 saturated carbocycles. The van der Waals surface area contributed by atoms with Crippen molar-refractivity contribution in [3.63, 3.8) is 0 Å². The number of aryl methyl sites for hydroxylation is 1. The smallest absolute Gasteiger partial charge is 0.254 e. The van der Waals surface area contributed by atoms with Crippen molar-refractivity contribution >= 4 is 22.6 Å². The van der Waals surface area contributed by atoms with Crippen LogP contribution in [0.1, 0.15) is 24.4 Å². The molecule has 0 spiro atoms. The highest BCUT2D eigenvalue weighted by molar-refractivity contribution is 5.77. The van der Waals surface area contributed by atoms with Crippen LogP contribution >= 0.6 is 0 Å². The Hall–Kier alpha value is -2.89. The molecule has 0 aliphatic rings. The summed E-state index contributed by atoms with van der Waals surface area (Å²) in [4.78, 5) is 10.7. The lowest BCUT2D eigenvalue weighted by Gasteiger charge is -2.25. The first kappa shape index (κ1) is 13.8. The predicted octanol–water partition coefficient (Wildman–Crippen LogP) is 3.38. The summed E-state index contributed by atoms with van der Waals surface area (Å²) in [7, 11) is 2.02. The van der Waals surface area contributed by atoms with E-state index in [9.17, 15) is 0 Å². The normalized spacial score (nSPS) is 12.8. The maximum atomic E-state index is 5.99. The van der Waals surface area contributed by atoms with Crippen molar-refractivity contribution < 1.29 is 4.42 Å². The SMILES string of the molecule is Cc1cc(N(C)[C@H](C)c2cc3ccccc3o2)n2ncnc2n1. The van der Waals surface area contributed by atoms with Crippen LogP contribution < -0.4 is 4.90 Å². The molecule has 0 amide bonds. The zero-order valence-corrected chi connectivity index (χ0v) is 13.3. The van der Waals surface area contributed by atoms with Gasteiger partial charge in [0.15, 0.2) is 0 Å². The monoisotopic (exact) mass is 307 g/mol. The zero-order chi connectivity index (χ0) is 16.0. The van der Waals surface area contributed by atoms with E-state index in [2.05, 4.69) is 39.0 Å². The van der Waals surface area contributed by atoms with Crippen molar-refractivity contribution in [1.29, 1.82) is 0 Å². The molecule has 4 rings (SSSR count). The Kier molecular flexibility index (Phi) is 3.04. The van der Waals surface area contributed by atoms with Crippen LogP contribution in [-0.2, 0) is 0 Å². The van der Waals surface area contributed by atoms with Gasteiger partial charge in [0.2, 0.25) is 0 Å². The van der Waals surface area contributed by atoms with Gasteiger partial charge in [-0.3, -0.25) is 0 Å². The highest BCUT2D eigenvalue weighted by Gasteiger charge is 2.20. The highest BCUT2D eigenvalue weighted by atomic mass is 16.3. The number of nitrogens with zero attached hydrogens (tertiary/aromatic N) is 5. The van der Waals surface area contributed by atoms with Crippen molar-refractivity contribution in [3.05, 3.63) is 54.2 Å². The van der Waals surface area contributed by atoms with Crippen molar-refractivity contribution in [1.82, 2.24) is 19.6 Å². The Bertz CT molecular complexity index is 954. The largest absolute Gasteiger partial charge is 0.459 e. The minimum absolute atomic E-state index is 0.0524. The first-order chi connectivity index (χ1) is 11.1. The van der Waals surface area contributed by atoms with Gasteiger partial charge in [0.25, 0.3) is 5.78 Å². The molecule has 23 heavy (non-hydrogen) atoms. The van der Waals surface area contributed by atoms with E-state index in [1.807, 2.05) is 38.2 Å². The van der Waals surface area contributed by atoms with Crippen LogP contribution in [0.5, 0.6) is 0 Å². The summed E-state index contributed by atoms with van der Waals surface area (Å²) in [6.45, 7) is 4.06. The maximum absolute atomic E-state index is 5.99. The summed E-state index contributed by atoms with van der Waals surface area (Å²) in [5, 5.41) is 5.38. The quantitative estimate of drug-likeness (QED) is 0.581. The number of rotatable bonds is 3. The van der Waals surface area contributed by atoms with Crippen LogP contribution in [0.4, 0.5) is 5.82 Å². The van der Waals surface area contributed by atoms with Gasteiger partial charge in [-0.05, 0) is 26.0 Å². The van der Waals surface area contributed by atoms with Crippen molar-refractivity contribution in [2.45, 2.75) is 19.9 Å². The molecule has 1 aromatic carbocycles. The Morgan fingerprint density at radius 1 is 1.22 bits per heavy atom. The van der Waals surface area contributed by atoms with E-state index < -0.39 is 0 Å². The Balaban J connectivity index is 1.77. The molecule has 0 radical (unpaired) electrons. The number of aromatic nitrogens is 4. The summed E-state index contributed by atoms with van der Waals surface area (Å²) < 4.78 is 7.74. The van der Waals surface area contributed by atoms with E-state index in [-0.39, 0.29) is 6.04 Å². The van der Waals surface area contributed by atoms with E-state index in [1.54, 1.807) is 4.52 Å². The van der Waals surface area contributed by atoms with Crippen LogP contribution in [0.25, 0.3) is 16.7 Å². The molecule has 3 heterocycles. The number of anilines is 1. The van der Waals surface area contributed by atoms with E-state index in [0.717, 1.165) is 28.2 Å². The first-order valence-electron chi connectivity index (χ1n) is 7.52. The van der Waals surface area contributed by atoms with Gasteiger partial charge >= 0.3 is 0 Å². The molecule has 0 saturated heterocycles. The summed E-state index contributed by atoms with van der Waals surface area (Å²) in [5.74, 6) is 2.44. The van der Waals surface area contributed by atoms with Crippen LogP contribution in [0.3, 0.4) is 0 Å². The molecular weight excluding hydrogens is 290 g/mol. The number of furan rings is 1. The predicted molar refractivity (Wildman–Crippen MR) is 88.6 cm³/mol. The fourth-order valence-corrected chi connectivity index (χ4v) is 2.76. The Morgan fingerprint density at radius 3 is 2.87 bits per heavy atom. The molecule has 0 aliphatic heterocycles. The van der Waals surface area contributed by atoms with E-state index in [4.69, 9.17) is 4.42 Å². The van der Waals surface area contributed by atoms with Crippen molar-refractivity contribution in [2.24, 2.45) is 0 Å². The molecule has 6 heteroatoms. The third-order valence-electron chi connectivity index (χ3n) is 4.16. The van der Waals surface area contributed by atoms with E-state index in [0.29, 0.717) is 5.78 Å². The van der Waals surface area contributed by atoms with E-state index in [1.165, 1.54) is 6.33 Å². The number of para-hydroxylation sites is 1. The van der Waals surface area contributed by atoms with Gasteiger partial charge in [-0.15, -0.1) is 0 Å². The third-order valence-corrected chi connectivity index (χ3v) is 4.16. The lowest BCUT2D eigenvalue weighted by molar-refractivity contribution is 0.499. The molecule has 1 atom stereocenters.